The van der Waals surface area contributed by atoms with Gasteiger partial charge >= 0.3 is 0 Å². The van der Waals surface area contributed by atoms with Crippen LogP contribution in [0, 0.1) is 0 Å². The molecule has 0 N–H and O–H groups in total. The van der Waals surface area contributed by atoms with Crippen molar-refractivity contribution in [2.75, 3.05) is 0 Å². The molecule has 2 rings (SSSR count). The molecule has 34 heavy (non-hydrogen) atoms. The van der Waals surface area contributed by atoms with Crippen molar-refractivity contribution in [3.8, 4) is 0 Å². The van der Waals surface area contributed by atoms with E-state index in [1.165, 1.54) is 25.1 Å². The van der Waals surface area contributed by atoms with E-state index in [0.717, 1.165) is 11.1 Å². The summed E-state index contributed by atoms with van der Waals surface area (Å²) in [4.78, 5) is 29.6. The number of Topliss-reactive ketones (excluding diaryl/α,β-unsaturated/α-hetero) is 2. The van der Waals surface area contributed by atoms with Crippen molar-refractivity contribution in [1.29, 1.82) is 0 Å². The van der Waals surface area contributed by atoms with E-state index in [4.69, 9.17) is 0 Å². The van der Waals surface area contributed by atoms with Crippen molar-refractivity contribution in [1.82, 2.24) is 0 Å². The third-order valence-corrected chi connectivity index (χ3v) is 5.75. The Labute approximate surface area is 220 Å². The zero-order valence-corrected chi connectivity index (χ0v) is 21.4. The SMILES string of the molecule is C.C.C.CCc1cccs1.C\C=C(/C=C(C(C)=O)\C(C)=N\C(C(C)=O)=C(/C)Br)c1ccccc1. The Kier molecular flexibility index (Phi) is 20.2. The van der Waals surface area contributed by atoms with Crippen LogP contribution in [-0.2, 0) is 16.0 Å². The van der Waals surface area contributed by atoms with Gasteiger partial charge < -0.3 is 0 Å². The number of halogens is 1. The number of carbonyl (C=O) groups is 2. The van der Waals surface area contributed by atoms with Gasteiger partial charge in [-0.3, -0.25) is 9.59 Å². The first-order chi connectivity index (χ1) is 14.7. The van der Waals surface area contributed by atoms with Crippen molar-refractivity contribution in [2.45, 2.75) is 70.2 Å². The molecule has 0 radical (unpaired) electrons. The summed E-state index contributed by atoms with van der Waals surface area (Å²) in [7, 11) is 0. The van der Waals surface area contributed by atoms with E-state index < -0.39 is 0 Å². The number of aryl methyl sites for hydroxylation is 1. The third-order valence-electron chi connectivity index (χ3n) is 4.35. The van der Waals surface area contributed by atoms with Gasteiger partial charge in [0.05, 0.1) is 0 Å². The second-order valence-corrected chi connectivity index (χ2v) is 9.01. The summed E-state index contributed by atoms with van der Waals surface area (Å²) in [5.74, 6) is -0.248. The molecular formula is C29H42BrNO2S. The van der Waals surface area contributed by atoms with Crippen LogP contribution in [0.2, 0.25) is 0 Å². The molecule has 0 unspecified atom stereocenters. The lowest BCUT2D eigenvalue weighted by Crippen LogP contribution is -2.09. The summed E-state index contributed by atoms with van der Waals surface area (Å²) in [6.45, 7) is 10.5. The van der Waals surface area contributed by atoms with Gasteiger partial charge in [-0.25, -0.2) is 4.99 Å². The molecule has 1 heterocycles. The number of thiophene rings is 1. The van der Waals surface area contributed by atoms with Crippen molar-refractivity contribution in [3.63, 3.8) is 0 Å². The molecule has 0 amide bonds. The van der Waals surface area contributed by atoms with E-state index in [2.05, 4.69) is 45.4 Å². The lowest BCUT2D eigenvalue weighted by molar-refractivity contribution is -0.114. The van der Waals surface area contributed by atoms with Crippen molar-refractivity contribution >= 4 is 50.1 Å². The Morgan fingerprint density at radius 2 is 1.53 bits per heavy atom. The zero-order chi connectivity index (χ0) is 23.4. The molecule has 0 saturated carbocycles. The van der Waals surface area contributed by atoms with Crippen LogP contribution in [-0.4, -0.2) is 17.3 Å². The van der Waals surface area contributed by atoms with E-state index in [1.807, 2.05) is 60.7 Å². The molecule has 1 aromatic carbocycles. The second kappa shape index (κ2) is 19.0. The van der Waals surface area contributed by atoms with Crippen LogP contribution in [0.15, 0.2) is 80.7 Å². The first kappa shape index (κ1) is 36.2. The normalized spacial score (nSPS) is 12.0. The molecule has 0 aliphatic carbocycles. The topological polar surface area (TPSA) is 46.5 Å². The standard InChI is InChI=1S/C20H22BrNO2.C6H8S.3CH4/c1-6-17(18-10-8-7-9-11-18)12-19(15(4)23)14(3)22-20(13(2)21)16(5)24;1-2-6-4-3-5-7-6;;;/h6-12H,1-5H3;3-5H,2H2,1H3;3*1H4/b17-6+,19-12+,20-13+,22-14+;;;;. The van der Waals surface area contributed by atoms with Gasteiger partial charge in [0.25, 0.3) is 0 Å². The van der Waals surface area contributed by atoms with Gasteiger partial charge in [-0.2, -0.15) is 0 Å². The largest absolute Gasteiger partial charge is 0.294 e. The van der Waals surface area contributed by atoms with Gasteiger partial charge in [-0.15, -0.1) is 11.3 Å². The van der Waals surface area contributed by atoms with Gasteiger partial charge in [0.15, 0.2) is 11.6 Å². The lowest BCUT2D eigenvalue weighted by Gasteiger charge is -2.08. The fourth-order valence-electron chi connectivity index (χ4n) is 2.72. The summed E-state index contributed by atoms with van der Waals surface area (Å²) in [6.07, 6.45) is 4.94. The molecule has 0 spiro atoms. The quantitative estimate of drug-likeness (QED) is 0.197. The highest BCUT2D eigenvalue weighted by Gasteiger charge is 2.13. The first-order valence-electron chi connectivity index (χ1n) is 10.1. The number of benzene rings is 1. The molecule has 0 aliphatic heterocycles. The minimum atomic E-state index is -0.152. The maximum Gasteiger partial charge on any atom is 0.178 e. The van der Waals surface area contributed by atoms with E-state index in [9.17, 15) is 9.59 Å². The van der Waals surface area contributed by atoms with Crippen LogP contribution in [0.5, 0.6) is 0 Å². The molecule has 2 aromatic rings. The highest BCUT2D eigenvalue weighted by Crippen LogP contribution is 2.20. The van der Waals surface area contributed by atoms with Crippen LogP contribution in [0.3, 0.4) is 0 Å². The Bertz CT molecular complexity index is 994. The highest BCUT2D eigenvalue weighted by atomic mass is 79.9. The van der Waals surface area contributed by atoms with Gasteiger partial charge in [-0.05, 0) is 62.8 Å². The lowest BCUT2D eigenvalue weighted by atomic mass is 9.99. The summed E-state index contributed by atoms with van der Waals surface area (Å²) >= 11 is 5.12. The summed E-state index contributed by atoms with van der Waals surface area (Å²) in [6, 6.07) is 14.1. The van der Waals surface area contributed by atoms with Gasteiger partial charge in [0.2, 0.25) is 0 Å². The smallest absolute Gasteiger partial charge is 0.178 e. The predicted molar refractivity (Wildman–Crippen MR) is 158 cm³/mol. The van der Waals surface area contributed by atoms with Crippen LogP contribution < -0.4 is 0 Å². The van der Waals surface area contributed by atoms with E-state index in [0.29, 0.717) is 21.5 Å². The first-order valence-corrected chi connectivity index (χ1v) is 11.8. The van der Waals surface area contributed by atoms with Crippen molar-refractivity contribution in [3.05, 3.63) is 86.2 Å². The molecular weight excluding hydrogens is 506 g/mol. The number of carbonyl (C=O) groups excluding carboxylic acids is 2. The van der Waals surface area contributed by atoms with Crippen LogP contribution >= 0.6 is 27.3 Å². The van der Waals surface area contributed by atoms with Gasteiger partial charge in [0, 0.05) is 27.6 Å². The molecule has 0 bridgehead atoms. The average molecular weight is 549 g/mol. The molecule has 1 aromatic heterocycles. The molecule has 0 atom stereocenters. The maximum absolute atomic E-state index is 12.1. The number of aliphatic imine (C=N–C) groups is 1. The maximum atomic E-state index is 12.1. The van der Waals surface area contributed by atoms with Gasteiger partial charge in [0.1, 0.15) is 5.70 Å². The van der Waals surface area contributed by atoms with E-state index in [1.54, 1.807) is 13.8 Å². The highest BCUT2D eigenvalue weighted by molar-refractivity contribution is 9.11. The number of hydrogen-bond acceptors (Lipinski definition) is 4. The Morgan fingerprint density at radius 3 is 1.88 bits per heavy atom. The van der Waals surface area contributed by atoms with Crippen LogP contribution in [0.1, 0.15) is 74.3 Å². The Hall–Kier alpha value is -2.37. The number of hydrogen-bond donors (Lipinski definition) is 0. The Balaban J connectivity index is -0.000000824. The monoisotopic (exact) mass is 547 g/mol. The predicted octanol–water partition coefficient (Wildman–Crippen LogP) is 9.50. The van der Waals surface area contributed by atoms with Crippen molar-refractivity contribution < 1.29 is 9.59 Å². The molecule has 0 aliphatic rings. The number of rotatable bonds is 7. The molecule has 0 fully saturated rings. The molecule has 0 saturated heterocycles. The third kappa shape index (κ3) is 12.2. The van der Waals surface area contributed by atoms with E-state index >= 15 is 0 Å². The summed E-state index contributed by atoms with van der Waals surface area (Å²) < 4.78 is 0.645. The number of nitrogens with zero attached hydrogens (tertiary/aromatic N) is 1. The minimum absolute atomic E-state index is 0. The number of ketones is 2. The minimum Gasteiger partial charge on any atom is -0.294 e. The fraction of sp³-hybridized carbons (Fsp3) is 0.345. The second-order valence-electron chi connectivity index (χ2n) is 6.79. The average Bonchev–Trinajstić information content (AvgIpc) is 3.27. The zero-order valence-electron chi connectivity index (χ0n) is 19.0. The summed E-state index contributed by atoms with van der Waals surface area (Å²) in [5, 5.41) is 2.11. The van der Waals surface area contributed by atoms with Crippen molar-refractivity contribution in [2.24, 2.45) is 4.99 Å². The molecule has 3 nitrogen and oxygen atoms in total. The molecule has 188 valence electrons. The van der Waals surface area contributed by atoms with Gasteiger partial charge in [-0.1, -0.05) is 87.6 Å². The fourth-order valence-corrected chi connectivity index (χ4v) is 3.74. The molecule has 5 heteroatoms. The Morgan fingerprint density at radius 1 is 0.941 bits per heavy atom. The van der Waals surface area contributed by atoms with Crippen LogP contribution in [0.25, 0.3) is 5.57 Å². The van der Waals surface area contributed by atoms with Crippen LogP contribution in [0.4, 0.5) is 0 Å². The summed E-state index contributed by atoms with van der Waals surface area (Å²) in [5.41, 5.74) is 3.27. The number of allylic oxidation sites excluding steroid dienone is 6. The van der Waals surface area contributed by atoms with E-state index in [-0.39, 0.29) is 33.8 Å².